The van der Waals surface area contributed by atoms with Crippen molar-refractivity contribution in [2.24, 2.45) is 5.92 Å². The van der Waals surface area contributed by atoms with Crippen molar-refractivity contribution in [3.8, 4) is 0 Å². The number of fused-ring (bicyclic) bond motifs is 1. The van der Waals surface area contributed by atoms with Crippen molar-refractivity contribution < 1.29 is 14.7 Å². The fraction of sp³-hybridized carbons (Fsp3) is 0.389. The second-order valence-corrected chi connectivity index (χ2v) is 7.21. The van der Waals surface area contributed by atoms with Crippen LogP contribution in [0, 0.1) is 5.92 Å². The van der Waals surface area contributed by atoms with Gasteiger partial charge in [-0.1, -0.05) is 15.9 Å². The molecule has 3 rings (SSSR count). The van der Waals surface area contributed by atoms with Gasteiger partial charge in [0, 0.05) is 29.5 Å². The van der Waals surface area contributed by atoms with Gasteiger partial charge in [0.25, 0.3) is 0 Å². The number of halogens is 1. The lowest BCUT2D eigenvalue weighted by Crippen LogP contribution is -2.43. The summed E-state index contributed by atoms with van der Waals surface area (Å²) < 4.78 is 0.938. The van der Waals surface area contributed by atoms with E-state index in [1.165, 1.54) is 4.90 Å². The summed E-state index contributed by atoms with van der Waals surface area (Å²) in [6, 6.07) is 5.81. The first-order valence-electron chi connectivity index (χ1n) is 8.60. The monoisotopic (exact) mass is 420 g/mol. The molecule has 7 nitrogen and oxygen atoms in total. The van der Waals surface area contributed by atoms with Gasteiger partial charge >= 0.3 is 6.09 Å². The molecule has 0 bridgehead atoms. The van der Waals surface area contributed by atoms with Gasteiger partial charge < -0.3 is 20.6 Å². The number of hydrogen-bond donors (Lipinski definition) is 3. The van der Waals surface area contributed by atoms with Crippen LogP contribution in [0.5, 0.6) is 0 Å². The van der Waals surface area contributed by atoms with Gasteiger partial charge in [-0.25, -0.2) is 4.79 Å². The maximum atomic E-state index is 12.7. The predicted octanol–water partition coefficient (Wildman–Crippen LogP) is 3.76. The minimum absolute atomic E-state index is 0.173. The van der Waals surface area contributed by atoms with Gasteiger partial charge in [0.1, 0.15) is 0 Å². The van der Waals surface area contributed by atoms with E-state index in [1.807, 2.05) is 25.1 Å². The zero-order valence-corrected chi connectivity index (χ0v) is 16.0. The molecule has 1 saturated heterocycles. The zero-order chi connectivity index (χ0) is 18.7. The van der Waals surface area contributed by atoms with E-state index in [0.717, 1.165) is 21.1 Å². The molecule has 1 aliphatic rings. The molecule has 0 unspecified atom stereocenters. The van der Waals surface area contributed by atoms with Crippen LogP contribution in [0.3, 0.4) is 0 Å². The summed E-state index contributed by atoms with van der Waals surface area (Å²) in [5.74, 6) is -0.525. The Kier molecular flexibility index (Phi) is 5.61. The third-order valence-electron chi connectivity index (χ3n) is 4.51. The van der Waals surface area contributed by atoms with Crippen molar-refractivity contribution >= 4 is 50.2 Å². The standard InChI is InChI=1S/C18H21BrN4O3/c1-2-20-16-13-6-5-12(19)8-14(13)21-9-15(16)22-17(24)11-4-3-7-23(10-11)18(25)26/h5-6,8-9,11H,2-4,7,10H2,1H3,(H,20,21)(H,22,24)(H,25,26)/t11-/m0/s1. The highest BCUT2D eigenvalue weighted by molar-refractivity contribution is 9.10. The molecule has 3 N–H and O–H groups in total. The SMILES string of the molecule is CCNc1c(NC(=O)[C@H]2CCCN(C(=O)O)C2)cnc2cc(Br)ccc12. The number of piperidine rings is 1. The number of benzene rings is 1. The van der Waals surface area contributed by atoms with Crippen LogP contribution in [0.1, 0.15) is 19.8 Å². The summed E-state index contributed by atoms with van der Waals surface area (Å²) in [6.07, 6.45) is 2.03. The first kappa shape index (κ1) is 18.4. The Morgan fingerprint density at radius 3 is 2.96 bits per heavy atom. The number of nitrogens with one attached hydrogen (secondary N) is 2. The highest BCUT2D eigenvalue weighted by Gasteiger charge is 2.28. The largest absolute Gasteiger partial charge is 0.465 e. The molecular weight excluding hydrogens is 400 g/mol. The van der Waals surface area contributed by atoms with Crippen molar-refractivity contribution in [1.82, 2.24) is 9.88 Å². The van der Waals surface area contributed by atoms with Crippen molar-refractivity contribution in [2.45, 2.75) is 19.8 Å². The Morgan fingerprint density at radius 2 is 2.23 bits per heavy atom. The number of rotatable bonds is 4. The van der Waals surface area contributed by atoms with Crippen LogP contribution >= 0.6 is 15.9 Å². The fourth-order valence-electron chi connectivity index (χ4n) is 3.23. The second-order valence-electron chi connectivity index (χ2n) is 6.30. The highest BCUT2D eigenvalue weighted by atomic mass is 79.9. The number of carboxylic acid groups (broad SMARTS) is 1. The fourth-order valence-corrected chi connectivity index (χ4v) is 3.58. The van der Waals surface area contributed by atoms with Crippen LogP contribution in [0.25, 0.3) is 10.9 Å². The first-order chi connectivity index (χ1) is 12.5. The molecule has 138 valence electrons. The van der Waals surface area contributed by atoms with E-state index in [-0.39, 0.29) is 18.4 Å². The topological polar surface area (TPSA) is 94.6 Å². The van der Waals surface area contributed by atoms with E-state index in [0.29, 0.717) is 31.6 Å². The minimum atomic E-state index is -0.978. The van der Waals surface area contributed by atoms with Gasteiger partial charge in [-0.05, 0) is 38.0 Å². The first-order valence-corrected chi connectivity index (χ1v) is 9.39. The van der Waals surface area contributed by atoms with Crippen molar-refractivity contribution in [2.75, 3.05) is 30.3 Å². The summed E-state index contributed by atoms with van der Waals surface area (Å²) in [5, 5.41) is 16.3. The number of carbonyl (C=O) groups is 2. The van der Waals surface area contributed by atoms with Crippen LogP contribution in [-0.4, -0.2) is 46.6 Å². The van der Waals surface area contributed by atoms with Gasteiger partial charge in [0.15, 0.2) is 0 Å². The van der Waals surface area contributed by atoms with E-state index in [9.17, 15) is 9.59 Å². The molecular formula is C18H21BrN4O3. The maximum absolute atomic E-state index is 12.7. The Hall–Kier alpha value is -2.35. The summed E-state index contributed by atoms with van der Waals surface area (Å²) >= 11 is 3.44. The Balaban J connectivity index is 1.85. The molecule has 0 spiro atoms. The third kappa shape index (κ3) is 3.90. The van der Waals surface area contributed by atoms with Gasteiger partial charge in [0.05, 0.1) is 29.0 Å². The molecule has 26 heavy (non-hydrogen) atoms. The second kappa shape index (κ2) is 7.90. The number of anilines is 2. The molecule has 1 aliphatic heterocycles. The molecule has 1 aromatic heterocycles. The third-order valence-corrected chi connectivity index (χ3v) is 5.00. The van der Waals surface area contributed by atoms with E-state index in [1.54, 1.807) is 6.20 Å². The van der Waals surface area contributed by atoms with Gasteiger partial charge in [0.2, 0.25) is 5.91 Å². The molecule has 0 aliphatic carbocycles. The van der Waals surface area contributed by atoms with Crippen molar-refractivity contribution in [1.29, 1.82) is 0 Å². The molecule has 2 amide bonds. The number of nitrogens with zero attached hydrogens (tertiary/aromatic N) is 2. The lowest BCUT2D eigenvalue weighted by atomic mass is 9.97. The lowest BCUT2D eigenvalue weighted by Gasteiger charge is -2.30. The molecule has 2 aromatic rings. The summed E-state index contributed by atoms with van der Waals surface area (Å²) in [6.45, 7) is 3.40. The average molecular weight is 421 g/mol. The smallest absolute Gasteiger partial charge is 0.407 e. The van der Waals surface area contributed by atoms with E-state index in [4.69, 9.17) is 5.11 Å². The van der Waals surface area contributed by atoms with Crippen molar-refractivity contribution in [3.63, 3.8) is 0 Å². The Morgan fingerprint density at radius 1 is 1.42 bits per heavy atom. The number of amides is 2. The predicted molar refractivity (Wildman–Crippen MR) is 105 cm³/mol. The van der Waals surface area contributed by atoms with Gasteiger partial charge in [-0.15, -0.1) is 0 Å². The molecule has 0 radical (unpaired) electrons. The van der Waals surface area contributed by atoms with Gasteiger partial charge in [-0.3, -0.25) is 9.78 Å². The number of likely N-dealkylation sites (tertiary alicyclic amines) is 1. The summed E-state index contributed by atoms with van der Waals surface area (Å²) in [4.78, 5) is 29.6. The van der Waals surface area contributed by atoms with E-state index >= 15 is 0 Å². The molecule has 1 aromatic carbocycles. The number of hydrogen-bond acceptors (Lipinski definition) is 4. The Labute approximate surface area is 159 Å². The molecule has 1 fully saturated rings. The van der Waals surface area contributed by atoms with E-state index in [2.05, 4.69) is 31.5 Å². The average Bonchev–Trinajstić information content (AvgIpc) is 2.63. The minimum Gasteiger partial charge on any atom is -0.465 e. The maximum Gasteiger partial charge on any atom is 0.407 e. The zero-order valence-electron chi connectivity index (χ0n) is 14.5. The molecule has 1 atom stereocenters. The number of aromatic nitrogens is 1. The summed E-state index contributed by atoms with van der Waals surface area (Å²) in [7, 11) is 0. The van der Waals surface area contributed by atoms with Gasteiger partial charge in [-0.2, -0.15) is 0 Å². The Bertz CT molecular complexity index is 843. The number of pyridine rings is 1. The molecule has 8 heteroatoms. The lowest BCUT2D eigenvalue weighted by molar-refractivity contribution is -0.121. The van der Waals surface area contributed by atoms with Crippen LogP contribution in [0.15, 0.2) is 28.9 Å². The van der Waals surface area contributed by atoms with Crippen molar-refractivity contribution in [3.05, 3.63) is 28.9 Å². The van der Waals surface area contributed by atoms with Crippen LogP contribution in [0.4, 0.5) is 16.2 Å². The highest BCUT2D eigenvalue weighted by Crippen LogP contribution is 2.32. The van der Waals surface area contributed by atoms with Crippen LogP contribution < -0.4 is 10.6 Å². The quantitative estimate of drug-likeness (QED) is 0.699. The van der Waals surface area contributed by atoms with Crippen LogP contribution in [0.2, 0.25) is 0 Å². The molecule has 0 saturated carbocycles. The van der Waals surface area contributed by atoms with E-state index < -0.39 is 6.09 Å². The number of carbonyl (C=O) groups excluding carboxylic acids is 1. The molecule has 2 heterocycles. The van der Waals surface area contributed by atoms with Crippen LogP contribution in [-0.2, 0) is 4.79 Å². The summed E-state index contributed by atoms with van der Waals surface area (Å²) in [5.41, 5.74) is 2.26. The normalized spacial score (nSPS) is 17.2.